The molecule has 0 bridgehead atoms. The third-order valence-corrected chi connectivity index (χ3v) is 4.53. The van der Waals surface area contributed by atoms with Crippen molar-refractivity contribution < 1.29 is 83.0 Å². The van der Waals surface area contributed by atoms with Crippen LogP contribution in [0.3, 0.4) is 0 Å². The number of esters is 1. The van der Waals surface area contributed by atoms with Crippen molar-refractivity contribution >= 4 is 13.6 Å². The topological polar surface area (TPSA) is 89.5 Å². The Labute approximate surface area is 179 Å². The van der Waals surface area contributed by atoms with Crippen molar-refractivity contribution in [1.82, 2.24) is 0 Å². The van der Waals surface area contributed by atoms with Crippen LogP contribution in [-0.4, -0.2) is 18.2 Å². The van der Waals surface area contributed by atoms with Crippen LogP contribution in [0.4, 0.5) is 0 Å². The summed E-state index contributed by atoms with van der Waals surface area (Å²) in [6, 6.07) is 0. The number of hydrogen-bond donors (Lipinski definition) is 0. The van der Waals surface area contributed by atoms with E-state index >= 15 is 0 Å². The number of carbonyl (C=O) groups excluding carboxylic acids is 1. The Hall–Kier alpha value is 1.62. The first-order chi connectivity index (χ1) is 9.38. The van der Waals surface area contributed by atoms with Gasteiger partial charge in [-0.1, -0.05) is 66.4 Å². The van der Waals surface area contributed by atoms with E-state index < -0.39 is 19.2 Å². The Morgan fingerprint density at radius 1 is 1.00 bits per heavy atom. The Kier molecular flexibility index (Phi) is 22.5. The number of ether oxygens (including phenoxy) is 1. The maximum Gasteiger partial charge on any atom is 1.00 e. The summed E-state index contributed by atoms with van der Waals surface area (Å²) in [5.74, 6) is -0.604. The molecule has 8 heteroatoms. The van der Waals surface area contributed by atoms with E-state index in [0.29, 0.717) is 6.61 Å². The van der Waals surface area contributed by atoms with Crippen molar-refractivity contribution in [3.8, 4) is 0 Å². The van der Waals surface area contributed by atoms with Gasteiger partial charge < -0.3 is 19.1 Å². The van der Waals surface area contributed by atoms with Crippen LogP contribution in [0.2, 0.25) is 0 Å². The second-order valence-electron chi connectivity index (χ2n) is 5.29. The molecule has 0 aliphatic heterocycles. The Morgan fingerprint density at radius 3 is 1.91 bits per heavy atom. The zero-order chi connectivity index (χ0) is 15.4. The summed E-state index contributed by atoms with van der Waals surface area (Å²) in [5.41, 5.74) is -1.19. The minimum Gasteiger partial charge on any atom is -0.811 e. The fourth-order valence-electron chi connectivity index (χ4n) is 1.83. The van der Waals surface area contributed by atoms with Gasteiger partial charge in [-0.25, -0.2) is 0 Å². The van der Waals surface area contributed by atoms with Gasteiger partial charge in [-0.2, -0.15) is 0 Å². The molecule has 0 spiro atoms. The van der Waals surface area contributed by atoms with Crippen molar-refractivity contribution in [1.29, 1.82) is 0 Å². The normalized spacial score (nSPS) is 12.0. The summed E-state index contributed by atoms with van der Waals surface area (Å²) in [6.07, 6.45) is 8.88. The molecule has 0 heterocycles. The second kappa shape index (κ2) is 17.4. The van der Waals surface area contributed by atoms with E-state index in [1.54, 1.807) is 0 Å². The van der Waals surface area contributed by atoms with E-state index in [1.165, 1.54) is 39.0 Å². The van der Waals surface area contributed by atoms with Crippen LogP contribution in [0.15, 0.2) is 0 Å². The number of rotatable bonds is 12. The Morgan fingerprint density at radius 2 is 1.45 bits per heavy atom. The summed E-state index contributed by atoms with van der Waals surface area (Å²) in [7, 11) is -4.67. The minimum absolute atomic E-state index is 0. The van der Waals surface area contributed by atoms with Crippen molar-refractivity contribution in [2.45, 2.75) is 77.3 Å². The van der Waals surface area contributed by atoms with E-state index in [4.69, 9.17) is 4.74 Å². The summed E-state index contributed by atoms with van der Waals surface area (Å²) < 4.78 is 15.6. The fourth-order valence-corrected chi connectivity index (χ4v) is 2.21. The van der Waals surface area contributed by atoms with Gasteiger partial charge in [0.2, 0.25) is 0 Å². The number of hydrogen-bond acceptors (Lipinski definition) is 5. The first-order valence-corrected chi connectivity index (χ1v) is 9.16. The first-order valence-electron chi connectivity index (χ1n) is 7.55. The van der Waals surface area contributed by atoms with E-state index in [-0.39, 0.29) is 65.5 Å². The molecule has 0 amide bonds. The third kappa shape index (κ3) is 18.0. The minimum atomic E-state index is -4.67. The largest absolute Gasteiger partial charge is 1.00 e. The SMILES string of the molecule is CCCCCCCCCCOC(=O)CC(C)P(=O)([O-])[O-].[Na+].[Na+]. The van der Waals surface area contributed by atoms with Gasteiger partial charge >= 0.3 is 65.1 Å². The Balaban J connectivity index is -0.00000180. The molecule has 120 valence electrons. The number of unbranched alkanes of at least 4 members (excludes halogenated alkanes) is 7. The van der Waals surface area contributed by atoms with Crippen molar-refractivity contribution in [2.24, 2.45) is 0 Å². The molecule has 0 aliphatic carbocycles. The van der Waals surface area contributed by atoms with Crippen LogP contribution in [0.5, 0.6) is 0 Å². The van der Waals surface area contributed by atoms with Gasteiger partial charge in [-0.05, 0) is 12.1 Å². The van der Waals surface area contributed by atoms with Crippen LogP contribution in [0, 0.1) is 0 Å². The second-order valence-corrected chi connectivity index (χ2v) is 7.25. The summed E-state index contributed by atoms with van der Waals surface area (Å²) in [6.45, 7) is 3.73. The monoisotopic (exact) mass is 352 g/mol. The van der Waals surface area contributed by atoms with Crippen LogP contribution in [-0.2, 0) is 14.1 Å². The average Bonchev–Trinajstić information content (AvgIpc) is 2.35. The van der Waals surface area contributed by atoms with Crippen LogP contribution < -0.4 is 68.9 Å². The third-order valence-electron chi connectivity index (χ3n) is 3.26. The fraction of sp³-hybridized carbons (Fsp3) is 0.929. The van der Waals surface area contributed by atoms with Crippen LogP contribution in [0.25, 0.3) is 0 Å². The summed E-state index contributed by atoms with van der Waals surface area (Å²) >= 11 is 0. The van der Waals surface area contributed by atoms with E-state index in [2.05, 4.69) is 6.92 Å². The maximum absolute atomic E-state index is 11.3. The molecule has 0 fully saturated rings. The molecule has 0 aromatic rings. The zero-order valence-electron chi connectivity index (χ0n) is 14.6. The van der Waals surface area contributed by atoms with Crippen molar-refractivity contribution in [3.63, 3.8) is 0 Å². The van der Waals surface area contributed by atoms with Gasteiger partial charge in [0, 0.05) is 0 Å². The molecule has 0 saturated heterocycles. The van der Waals surface area contributed by atoms with Crippen LogP contribution in [0.1, 0.15) is 71.6 Å². The predicted octanol–water partition coefficient (Wildman–Crippen LogP) is -3.63. The molecule has 1 atom stereocenters. The molecule has 0 aliphatic rings. The van der Waals surface area contributed by atoms with Gasteiger partial charge in [-0.15, -0.1) is 0 Å². The summed E-state index contributed by atoms with van der Waals surface area (Å²) in [4.78, 5) is 32.6. The molecule has 0 radical (unpaired) electrons. The molecule has 0 aromatic heterocycles. The Bertz CT molecular complexity index is 310. The van der Waals surface area contributed by atoms with Gasteiger partial charge in [0.05, 0.1) is 13.0 Å². The maximum atomic E-state index is 11.3. The summed E-state index contributed by atoms with van der Waals surface area (Å²) in [5, 5.41) is 0. The molecule has 0 rings (SSSR count). The molecular formula is C14H27Na2O5P. The van der Waals surface area contributed by atoms with Crippen molar-refractivity contribution in [3.05, 3.63) is 0 Å². The van der Waals surface area contributed by atoms with E-state index in [0.717, 1.165) is 19.3 Å². The van der Waals surface area contributed by atoms with E-state index in [1.807, 2.05) is 0 Å². The van der Waals surface area contributed by atoms with E-state index in [9.17, 15) is 19.1 Å². The molecule has 22 heavy (non-hydrogen) atoms. The van der Waals surface area contributed by atoms with Gasteiger partial charge in [0.15, 0.2) is 0 Å². The molecule has 0 aromatic carbocycles. The molecule has 0 N–H and O–H groups in total. The molecular weight excluding hydrogens is 325 g/mol. The molecule has 1 unspecified atom stereocenters. The number of carbonyl (C=O) groups is 1. The van der Waals surface area contributed by atoms with Gasteiger partial charge in [0.25, 0.3) is 0 Å². The predicted molar refractivity (Wildman–Crippen MR) is 75.3 cm³/mol. The quantitative estimate of drug-likeness (QED) is 0.157. The van der Waals surface area contributed by atoms with Crippen LogP contribution >= 0.6 is 7.60 Å². The van der Waals surface area contributed by atoms with Crippen molar-refractivity contribution in [2.75, 3.05) is 6.61 Å². The zero-order valence-corrected chi connectivity index (χ0v) is 19.5. The standard InChI is InChI=1S/C14H29O5P.2Na/c1-3-4-5-6-7-8-9-10-11-19-14(15)12-13(2)20(16,17)18;;/h13H,3-12H2,1-2H3,(H2,16,17,18);;/q;2*+1/p-2. The average molecular weight is 352 g/mol. The molecule has 5 nitrogen and oxygen atoms in total. The molecule has 0 saturated carbocycles. The van der Waals surface area contributed by atoms with Gasteiger partial charge in [-0.3, -0.25) is 4.79 Å². The first kappa shape index (κ1) is 28.4. The smallest absolute Gasteiger partial charge is 0.811 e. The van der Waals surface area contributed by atoms with Gasteiger partial charge in [0.1, 0.15) is 0 Å².